The number of alkyl halides is 3. The second-order valence-electron chi connectivity index (χ2n) is 6.06. The van der Waals surface area contributed by atoms with Crippen molar-refractivity contribution in [1.82, 2.24) is 0 Å². The normalized spacial score (nSPS) is 16.0. The minimum atomic E-state index is -4.55. The molecule has 29 heavy (non-hydrogen) atoms. The van der Waals surface area contributed by atoms with Crippen LogP contribution in [0.1, 0.15) is 27.0 Å². The summed E-state index contributed by atoms with van der Waals surface area (Å²) in [4.78, 5) is 25.3. The van der Waals surface area contributed by atoms with Crippen LogP contribution in [0, 0.1) is 6.92 Å². The van der Waals surface area contributed by atoms with Crippen molar-refractivity contribution in [3.63, 3.8) is 0 Å². The summed E-state index contributed by atoms with van der Waals surface area (Å²) in [5, 5.41) is 9.19. The number of benzene rings is 2. The van der Waals surface area contributed by atoms with E-state index in [1.54, 1.807) is 6.92 Å². The number of rotatable bonds is 3. The number of carbonyl (C=O) groups excluding carboxylic acids is 1. The number of aryl methyl sites for hydroxylation is 1. The lowest BCUT2D eigenvalue weighted by Gasteiger charge is -2.16. The summed E-state index contributed by atoms with van der Waals surface area (Å²) >= 11 is 12.2. The van der Waals surface area contributed by atoms with Crippen LogP contribution in [0.3, 0.4) is 0 Å². The highest BCUT2D eigenvalue weighted by Gasteiger charge is 2.34. The molecule has 1 saturated heterocycles. The zero-order chi connectivity index (χ0) is 21.5. The lowest BCUT2D eigenvalue weighted by molar-refractivity contribution is -0.137. The monoisotopic (exact) mass is 457 g/mol. The molecular weight excluding hydrogens is 447 g/mol. The largest absolute Gasteiger partial charge is 0.478 e. The number of hydrogen-bond acceptors (Lipinski definition) is 4. The summed E-state index contributed by atoms with van der Waals surface area (Å²) in [7, 11) is 0. The van der Waals surface area contributed by atoms with Crippen LogP contribution in [0.15, 0.2) is 41.3 Å². The number of hydrogen-bond donors (Lipinski definition) is 1. The Balaban J connectivity index is 1.98. The van der Waals surface area contributed by atoms with Crippen LogP contribution in [0.25, 0.3) is 6.08 Å². The molecule has 1 fully saturated rings. The van der Waals surface area contributed by atoms with Crippen molar-refractivity contribution in [1.29, 1.82) is 0 Å². The third-order valence-electron chi connectivity index (χ3n) is 4.10. The topological polar surface area (TPSA) is 57.6 Å². The van der Waals surface area contributed by atoms with E-state index in [0.717, 1.165) is 30.0 Å². The first-order valence-electron chi connectivity index (χ1n) is 7.97. The summed E-state index contributed by atoms with van der Waals surface area (Å²) in [6.45, 7) is 1.59. The van der Waals surface area contributed by atoms with E-state index in [1.165, 1.54) is 29.2 Å². The van der Waals surface area contributed by atoms with E-state index in [-0.39, 0.29) is 25.4 Å². The molecule has 0 atom stereocenters. The van der Waals surface area contributed by atoms with E-state index < -0.39 is 23.6 Å². The van der Waals surface area contributed by atoms with Crippen molar-refractivity contribution in [2.24, 2.45) is 0 Å². The van der Waals surface area contributed by atoms with Gasteiger partial charge in [0.1, 0.15) is 0 Å². The molecule has 0 bridgehead atoms. The minimum Gasteiger partial charge on any atom is -0.478 e. The number of anilines is 1. The Bertz CT molecular complexity index is 1080. The first-order chi connectivity index (χ1) is 13.5. The van der Waals surface area contributed by atoms with E-state index in [4.69, 9.17) is 28.9 Å². The van der Waals surface area contributed by atoms with Gasteiger partial charge in [0.05, 0.1) is 21.7 Å². The fraction of sp³-hybridized carbons (Fsp3) is 0.105. The smallest absolute Gasteiger partial charge is 0.416 e. The molecule has 0 aromatic heterocycles. The molecule has 0 radical (unpaired) electrons. The molecule has 0 unspecified atom stereocenters. The van der Waals surface area contributed by atoms with Gasteiger partial charge in [-0.15, -0.1) is 0 Å². The Morgan fingerprint density at radius 2 is 1.93 bits per heavy atom. The average molecular weight is 458 g/mol. The summed E-state index contributed by atoms with van der Waals surface area (Å²) in [6.07, 6.45) is -3.29. The first-order valence-corrected chi connectivity index (χ1v) is 9.58. The van der Waals surface area contributed by atoms with Crippen LogP contribution in [0.5, 0.6) is 0 Å². The van der Waals surface area contributed by atoms with Crippen molar-refractivity contribution >= 4 is 63.5 Å². The van der Waals surface area contributed by atoms with Crippen molar-refractivity contribution in [3.05, 3.63) is 68.6 Å². The molecule has 1 N–H and O–H groups in total. The van der Waals surface area contributed by atoms with Gasteiger partial charge in [-0.25, -0.2) is 4.79 Å². The molecule has 1 aliphatic heterocycles. The average Bonchev–Trinajstić information content (AvgIpc) is 2.89. The maximum Gasteiger partial charge on any atom is 0.416 e. The van der Waals surface area contributed by atoms with Crippen LogP contribution in [0.2, 0.25) is 5.02 Å². The lowest BCUT2D eigenvalue weighted by Crippen LogP contribution is -2.27. The van der Waals surface area contributed by atoms with E-state index in [2.05, 4.69) is 0 Å². The van der Waals surface area contributed by atoms with Gasteiger partial charge in [-0.3, -0.25) is 9.69 Å². The number of carbonyl (C=O) groups is 2. The van der Waals surface area contributed by atoms with Crippen LogP contribution in [-0.4, -0.2) is 21.3 Å². The predicted octanol–water partition coefficient (Wildman–Crippen LogP) is 5.77. The zero-order valence-corrected chi connectivity index (χ0v) is 17.0. The van der Waals surface area contributed by atoms with Crippen LogP contribution >= 0.6 is 35.6 Å². The fourth-order valence-electron chi connectivity index (χ4n) is 2.69. The summed E-state index contributed by atoms with van der Waals surface area (Å²) in [5.41, 5.74) is 0.0517. The van der Waals surface area contributed by atoms with E-state index >= 15 is 0 Å². The van der Waals surface area contributed by atoms with Crippen LogP contribution < -0.4 is 4.90 Å². The molecular formula is C19H11ClF3NO3S2. The van der Waals surface area contributed by atoms with E-state index in [0.29, 0.717) is 11.3 Å². The predicted molar refractivity (Wildman–Crippen MR) is 110 cm³/mol. The van der Waals surface area contributed by atoms with Gasteiger partial charge < -0.3 is 5.11 Å². The van der Waals surface area contributed by atoms with E-state index in [9.17, 15) is 22.8 Å². The molecule has 2 aromatic carbocycles. The van der Waals surface area contributed by atoms with Gasteiger partial charge in [-0.2, -0.15) is 13.2 Å². The summed E-state index contributed by atoms with van der Waals surface area (Å²) < 4.78 is 39.0. The third-order valence-corrected chi connectivity index (χ3v) is 5.75. The molecule has 1 heterocycles. The summed E-state index contributed by atoms with van der Waals surface area (Å²) in [5.74, 6) is -1.63. The first kappa shape index (κ1) is 21.4. The Morgan fingerprint density at radius 1 is 1.24 bits per heavy atom. The standard InChI is InChI=1S/C19H11ClF3NO3S2/c1-9-6-12(3-4-13(9)17(26)27)24-16(25)15(29-18(24)28)8-10-7-11(19(21,22)23)2-5-14(10)20/h2-8H,1H3,(H,26,27). The van der Waals surface area contributed by atoms with Gasteiger partial charge in [-0.1, -0.05) is 35.6 Å². The Hall–Kier alpha value is -2.36. The van der Waals surface area contributed by atoms with E-state index in [1.807, 2.05) is 0 Å². The highest BCUT2D eigenvalue weighted by atomic mass is 35.5. The Morgan fingerprint density at radius 3 is 2.52 bits per heavy atom. The molecule has 10 heteroatoms. The van der Waals surface area contributed by atoms with Crippen LogP contribution in [0.4, 0.5) is 18.9 Å². The summed E-state index contributed by atoms with van der Waals surface area (Å²) in [6, 6.07) is 7.15. The van der Waals surface area contributed by atoms with Crippen molar-refractivity contribution in [2.45, 2.75) is 13.1 Å². The van der Waals surface area contributed by atoms with Gasteiger partial charge in [0, 0.05) is 5.02 Å². The van der Waals surface area contributed by atoms with Crippen molar-refractivity contribution in [2.75, 3.05) is 4.90 Å². The van der Waals surface area contributed by atoms with Gasteiger partial charge in [0.2, 0.25) is 0 Å². The number of halogens is 4. The molecule has 0 spiro atoms. The molecule has 1 amide bonds. The minimum absolute atomic E-state index is 0.0411. The Labute approximate surface area is 178 Å². The second kappa shape index (κ2) is 7.81. The maximum atomic E-state index is 13.0. The number of aromatic carboxylic acids is 1. The number of thiocarbonyl (C=S) groups is 1. The lowest BCUT2D eigenvalue weighted by atomic mass is 10.1. The third kappa shape index (κ3) is 4.31. The maximum absolute atomic E-state index is 13.0. The fourth-order valence-corrected chi connectivity index (χ4v) is 4.15. The molecule has 4 nitrogen and oxygen atoms in total. The number of carboxylic acid groups (broad SMARTS) is 1. The number of nitrogens with zero attached hydrogens (tertiary/aromatic N) is 1. The second-order valence-corrected chi connectivity index (χ2v) is 8.14. The number of thioether (sulfide) groups is 1. The molecule has 0 saturated carbocycles. The van der Waals surface area contributed by atoms with Gasteiger partial charge in [0.25, 0.3) is 5.91 Å². The highest BCUT2D eigenvalue weighted by Crippen LogP contribution is 2.38. The van der Waals surface area contributed by atoms with Crippen molar-refractivity contribution in [3.8, 4) is 0 Å². The van der Waals surface area contributed by atoms with Gasteiger partial charge in [0.15, 0.2) is 4.32 Å². The Kier molecular flexibility index (Phi) is 5.75. The molecule has 2 aromatic rings. The number of amides is 1. The quantitative estimate of drug-likeness (QED) is 0.468. The molecule has 1 aliphatic rings. The number of carboxylic acids is 1. The van der Waals surface area contributed by atoms with Crippen LogP contribution in [-0.2, 0) is 11.0 Å². The van der Waals surface area contributed by atoms with Crippen molar-refractivity contribution < 1.29 is 27.9 Å². The molecule has 150 valence electrons. The molecule has 0 aliphatic carbocycles. The van der Waals surface area contributed by atoms with Gasteiger partial charge in [-0.05, 0) is 60.5 Å². The highest BCUT2D eigenvalue weighted by molar-refractivity contribution is 8.27. The van der Waals surface area contributed by atoms with Gasteiger partial charge >= 0.3 is 12.1 Å². The molecule has 3 rings (SSSR count). The SMILES string of the molecule is Cc1cc(N2C(=O)C(=Cc3cc(C(F)(F)F)ccc3Cl)SC2=S)ccc1C(=O)O. The zero-order valence-electron chi connectivity index (χ0n) is 14.6.